The van der Waals surface area contributed by atoms with E-state index in [4.69, 9.17) is 0 Å². The van der Waals surface area contributed by atoms with E-state index in [2.05, 4.69) is 0 Å². The van der Waals surface area contributed by atoms with Crippen LogP contribution in [-0.4, -0.2) is 18.5 Å². The molecule has 0 radical (unpaired) electrons. The molecule has 0 amide bonds. The topological polar surface area (TPSA) is 0 Å². The van der Waals surface area contributed by atoms with Crippen LogP contribution in [0.15, 0.2) is 12.2 Å². The molecule has 0 bridgehead atoms. The zero-order chi connectivity index (χ0) is 13.0. The summed E-state index contributed by atoms with van der Waals surface area (Å²) in [4.78, 5) is 0. The molecule has 0 rings (SSSR count). The average molecular weight is 252 g/mol. The van der Waals surface area contributed by atoms with Crippen LogP contribution in [0.3, 0.4) is 0 Å². The van der Waals surface area contributed by atoms with Crippen molar-refractivity contribution in [2.45, 2.75) is 31.6 Å². The summed E-state index contributed by atoms with van der Waals surface area (Å²) in [6.07, 6.45) is -4.75. The van der Waals surface area contributed by atoms with Gasteiger partial charge >= 0.3 is 11.8 Å². The van der Waals surface area contributed by atoms with E-state index in [-0.39, 0.29) is 6.42 Å². The first kappa shape index (κ1) is 15.2. The van der Waals surface area contributed by atoms with Crippen molar-refractivity contribution in [3.8, 4) is 0 Å². The van der Waals surface area contributed by atoms with Crippen LogP contribution in [0.25, 0.3) is 0 Å². The van der Waals surface area contributed by atoms with Crippen molar-refractivity contribution in [1.82, 2.24) is 0 Å². The summed E-state index contributed by atoms with van der Waals surface area (Å²) in [5, 5.41) is 0. The molecule has 0 spiro atoms. The molecule has 1 atom stereocenters. The Hall–Kier alpha value is -0.750. The maximum Gasteiger partial charge on any atom is 0.334 e. The Morgan fingerprint density at radius 2 is 1.69 bits per heavy atom. The van der Waals surface area contributed by atoms with Crippen molar-refractivity contribution in [3.05, 3.63) is 12.2 Å². The Balaban J connectivity index is 4.81. The lowest BCUT2D eigenvalue weighted by Crippen LogP contribution is -2.44. The normalized spacial score (nSPS) is 14.8. The minimum atomic E-state index is -4.93. The highest BCUT2D eigenvalue weighted by molar-refractivity contribution is 5.04. The van der Waals surface area contributed by atoms with Gasteiger partial charge in [-0.1, -0.05) is 6.92 Å². The van der Waals surface area contributed by atoms with Gasteiger partial charge in [0.25, 0.3) is 6.08 Å². The van der Waals surface area contributed by atoms with Gasteiger partial charge in [-0.15, -0.1) is 0 Å². The van der Waals surface area contributed by atoms with E-state index in [1.165, 1.54) is 0 Å². The Labute approximate surface area is 88.1 Å². The first-order valence-electron chi connectivity index (χ1n) is 4.50. The SMILES string of the molecule is CC(CCCF)C(F)(F)C(F)(F)C=C(F)F. The molecule has 16 heavy (non-hydrogen) atoms. The summed E-state index contributed by atoms with van der Waals surface area (Å²) in [5.74, 6) is -11.4. The maximum absolute atomic E-state index is 13.0. The van der Waals surface area contributed by atoms with Crippen molar-refractivity contribution >= 4 is 0 Å². The van der Waals surface area contributed by atoms with Crippen molar-refractivity contribution in [3.63, 3.8) is 0 Å². The third kappa shape index (κ3) is 3.68. The summed E-state index contributed by atoms with van der Waals surface area (Å²) in [6.45, 7) is -0.146. The van der Waals surface area contributed by atoms with E-state index < -0.39 is 43.0 Å². The first-order valence-corrected chi connectivity index (χ1v) is 4.50. The number of halogens is 7. The number of alkyl halides is 5. The second kappa shape index (κ2) is 5.54. The number of rotatable bonds is 6. The van der Waals surface area contributed by atoms with Crippen molar-refractivity contribution in [1.29, 1.82) is 0 Å². The summed E-state index contributed by atoms with van der Waals surface area (Å²) in [5.41, 5.74) is 0. The van der Waals surface area contributed by atoms with E-state index in [0.717, 1.165) is 6.92 Å². The van der Waals surface area contributed by atoms with Gasteiger partial charge in [-0.2, -0.15) is 26.3 Å². The molecule has 0 aromatic carbocycles. The van der Waals surface area contributed by atoms with Crippen molar-refractivity contribution < 1.29 is 30.7 Å². The quantitative estimate of drug-likeness (QED) is 0.614. The van der Waals surface area contributed by atoms with E-state index >= 15 is 0 Å². The zero-order valence-electron chi connectivity index (χ0n) is 8.42. The first-order chi connectivity index (χ1) is 7.15. The van der Waals surface area contributed by atoms with E-state index in [9.17, 15) is 30.7 Å². The number of allylic oxidation sites excluding steroid dienone is 1. The third-order valence-electron chi connectivity index (χ3n) is 2.12. The highest BCUT2D eigenvalue weighted by Gasteiger charge is 2.58. The Morgan fingerprint density at radius 3 is 2.06 bits per heavy atom. The summed E-state index contributed by atoms with van der Waals surface area (Å²) in [7, 11) is 0. The molecule has 0 aliphatic rings. The molecule has 0 aliphatic heterocycles. The second-order valence-corrected chi connectivity index (χ2v) is 3.41. The molecular weight excluding hydrogens is 241 g/mol. The molecule has 0 aliphatic carbocycles. The van der Waals surface area contributed by atoms with Gasteiger partial charge in [-0.25, -0.2) is 0 Å². The van der Waals surface area contributed by atoms with Gasteiger partial charge in [-0.05, 0) is 12.8 Å². The Bertz CT molecular complexity index is 242. The molecular formula is C9H11F7. The molecule has 0 heterocycles. The van der Waals surface area contributed by atoms with Gasteiger partial charge in [0.15, 0.2) is 0 Å². The van der Waals surface area contributed by atoms with Crippen LogP contribution in [0.4, 0.5) is 30.7 Å². The minimum absolute atomic E-state index is 0.311. The van der Waals surface area contributed by atoms with E-state index in [1.54, 1.807) is 0 Å². The summed E-state index contributed by atoms with van der Waals surface area (Å²) >= 11 is 0. The van der Waals surface area contributed by atoms with Gasteiger partial charge in [0.05, 0.1) is 12.8 Å². The van der Waals surface area contributed by atoms with Gasteiger partial charge in [0.1, 0.15) is 0 Å². The predicted octanol–water partition coefficient (Wildman–Crippen LogP) is 4.42. The highest BCUT2D eigenvalue weighted by Crippen LogP contribution is 2.43. The molecule has 0 aromatic rings. The molecule has 7 heteroatoms. The van der Waals surface area contributed by atoms with Gasteiger partial charge in [-0.3, -0.25) is 4.39 Å². The standard InChI is InChI=1S/C9H11F7/c1-6(3-2-4-10)9(15,16)8(13,14)5-7(11)12/h5-6H,2-4H2,1H3. The molecule has 96 valence electrons. The number of hydrogen-bond acceptors (Lipinski definition) is 0. The van der Waals surface area contributed by atoms with Crippen LogP contribution >= 0.6 is 0 Å². The number of hydrogen-bond donors (Lipinski definition) is 0. The van der Waals surface area contributed by atoms with Crippen molar-refractivity contribution in [2.75, 3.05) is 6.67 Å². The van der Waals surface area contributed by atoms with E-state index in [0.29, 0.717) is 0 Å². The summed E-state index contributed by atoms with van der Waals surface area (Å²) in [6, 6.07) is 0. The van der Waals surface area contributed by atoms with Crippen LogP contribution in [0.2, 0.25) is 0 Å². The minimum Gasteiger partial charge on any atom is -0.251 e. The molecule has 0 aromatic heterocycles. The summed E-state index contributed by atoms with van der Waals surface area (Å²) < 4.78 is 86.3. The van der Waals surface area contributed by atoms with Crippen LogP contribution in [0, 0.1) is 5.92 Å². The Kier molecular flexibility index (Phi) is 5.28. The molecule has 1 unspecified atom stereocenters. The molecule has 0 nitrogen and oxygen atoms in total. The fourth-order valence-corrected chi connectivity index (χ4v) is 1.13. The van der Waals surface area contributed by atoms with Gasteiger partial charge < -0.3 is 0 Å². The van der Waals surface area contributed by atoms with Crippen LogP contribution in [0.5, 0.6) is 0 Å². The van der Waals surface area contributed by atoms with E-state index in [1.807, 2.05) is 0 Å². The molecule has 0 N–H and O–H groups in total. The lowest BCUT2D eigenvalue weighted by Gasteiger charge is -2.28. The van der Waals surface area contributed by atoms with Gasteiger partial charge in [0.2, 0.25) is 0 Å². The molecule has 0 saturated carbocycles. The Morgan fingerprint density at radius 1 is 1.19 bits per heavy atom. The lowest BCUT2D eigenvalue weighted by molar-refractivity contribution is -0.209. The van der Waals surface area contributed by atoms with Crippen LogP contribution in [-0.2, 0) is 0 Å². The van der Waals surface area contributed by atoms with Crippen molar-refractivity contribution in [2.24, 2.45) is 5.92 Å². The van der Waals surface area contributed by atoms with Crippen LogP contribution in [0.1, 0.15) is 19.8 Å². The third-order valence-corrected chi connectivity index (χ3v) is 2.12. The fraction of sp³-hybridized carbons (Fsp3) is 0.778. The zero-order valence-corrected chi connectivity index (χ0v) is 8.42. The largest absolute Gasteiger partial charge is 0.334 e. The fourth-order valence-electron chi connectivity index (χ4n) is 1.13. The highest BCUT2D eigenvalue weighted by atomic mass is 19.3. The molecule has 0 fully saturated rings. The monoisotopic (exact) mass is 252 g/mol. The average Bonchev–Trinajstić information content (AvgIpc) is 2.11. The van der Waals surface area contributed by atoms with Crippen LogP contribution < -0.4 is 0 Å². The second-order valence-electron chi connectivity index (χ2n) is 3.41. The smallest absolute Gasteiger partial charge is 0.251 e. The molecule has 0 saturated heterocycles. The maximum atomic E-state index is 13.0. The predicted molar refractivity (Wildman–Crippen MR) is 44.6 cm³/mol. The lowest BCUT2D eigenvalue weighted by atomic mass is 9.93. The van der Waals surface area contributed by atoms with Gasteiger partial charge in [0, 0.05) is 5.92 Å².